The third-order valence-electron chi connectivity index (χ3n) is 6.06. The maximum absolute atomic E-state index is 13.2. The third-order valence-corrected chi connectivity index (χ3v) is 9.44. The van der Waals surface area contributed by atoms with Gasteiger partial charge in [0.05, 0.1) is 26.7 Å². The molecule has 2 aromatic carbocycles. The first-order valence-electron chi connectivity index (χ1n) is 11.8. The van der Waals surface area contributed by atoms with Crippen molar-refractivity contribution in [3.63, 3.8) is 0 Å². The first kappa shape index (κ1) is 27.8. The van der Waals surface area contributed by atoms with Crippen LogP contribution in [0.25, 0.3) is 10.2 Å². The van der Waals surface area contributed by atoms with E-state index in [9.17, 15) is 18.0 Å². The number of halogens is 2. The standard InChI is InChI=1S/C25H27Cl2N3O5S2/c1-4-35-22(31)14-30-23-20(27)10-18(26)11-21(23)36-25(30)28-24(32)17-5-7-19(8-6-17)37(33,34)29-12-15(2)9-16(3)13-29/h5-8,10-11,15-16H,4,9,12-14H2,1-3H3. The highest BCUT2D eigenvalue weighted by atomic mass is 35.5. The van der Waals surface area contributed by atoms with Crippen molar-refractivity contribution in [3.05, 3.63) is 56.8 Å². The second kappa shape index (κ2) is 11.2. The minimum absolute atomic E-state index is 0.131. The number of carbonyl (C=O) groups is 2. The minimum atomic E-state index is -3.67. The number of benzene rings is 2. The molecule has 1 aromatic heterocycles. The van der Waals surface area contributed by atoms with Gasteiger partial charge in [-0.05, 0) is 61.6 Å². The van der Waals surface area contributed by atoms with Crippen LogP contribution < -0.4 is 4.80 Å². The molecular formula is C25H27Cl2N3O5S2. The van der Waals surface area contributed by atoms with E-state index in [1.807, 2.05) is 13.8 Å². The lowest BCUT2D eigenvalue weighted by molar-refractivity contribution is -0.143. The van der Waals surface area contributed by atoms with Crippen LogP contribution in [0, 0.1) is 11.8 Å². The van der Waals surface area contributed by atoms with Crippen LogP contribution in [0.4, 0.5) is 0 Å². The van der Waals surface area contributed by atoms with E-state index in [0.717, 1.165) is 17.8 Å². The fourth-order valence-corrected chi connectivity index (χ4v) is 8.06. The number of esters is 1. The number of sulfonamides is 1. The lowest BCUT2D eigenvalue weighted by Crippen LogP contribution is -2.42. The summed E-state index contributed by atoms with van der Waals surface area (Å²) in [6.07, 6.45) is 0.992. The van der Waals surface area contributed by atoms with Crippen molar-refractivity contribution in [3.8, 4) is 0 Å². The molecule has 2 heterocycles. The van der Waals surface area contributed by atoms with Gasteiger partial charge in [-0.25, -0.2) is 8.42 Å². The van der Waals surface area contributed by atoms with Gasteiger partial charge in [0.2, 0.25) is 10.0 Å². The molecule has 3 aromatic rings. The minimum Gasteiger partial charge on any atom is -0.465 e. The van der Waals surface area contributed by atoms with E-state index in [4.69, 9.17) is 27.9 Å². The van der Waals surface area contributed by atoms with Crippen LogP contribution in [0.1, 0.15) is 37.6 Å². The largest absolute Gasteiger partial charge is 0.465 e. The molecule has 4 rings (SSSR count). The zero-order valence-electron chi connectivity index (χ0n) is 20.6. The number of rotatable bonds is 6. The topological polar surface area (TPSA) is 98.0 Å². The number of amides is 1. The zero-order valence-corrected chi connectivity index (χ0v) is 23.8. The van der Waals surface area contributed by atoms with E-state index in [-0.39, 0.29) is 40.2 Å². The van der Waals surface area contributed by atoms with Crippen LogP contribution in [0.3, 0.4) is 0 Å². The number of aromatic nitrogens is 1. The van der Waals surface area contributed by atoms with Gasteiger partial charge >= 0.3 is 5.97 Å². The molecule has 8 nitrogen and oxygen atoms in total. The summed E-state index contributed by atoms with van der Waals surface area (Å²) in [5.41, 5.74) is 0.727. The molecule has 2 unspecified atom stereocenters. The Morgan fingerprint density at radius 1 is 1.11 bits per heavy atom. The number of piperidine rings is 1. The fraction of sp³-hybridized carbons (Fsp3) is 0.400. The highest BCUT2D eigenvalue weighted by molar-refractivity contribution is 7.89. The monoisotopic (exact) mass is 583 g/mol. The quantitative estimate of drug-likeness (QED) is 0.381. The highest BCUT2D eigenvalue weighted by Gasteiger charge is 2.31. The van der Waals surface area contributed by atoms with Crippen LogP contribution in [-0.2, 0) is 26.1 Å². The molecule has 0 bridgehead atoms. The van der Waals surface area contributed by atoms with E-state index in [0.29, 0.717) is 33.4 Å². The van der Waals surface area contributed by atoms with Gasteiger partial charge in [0.15, 0.2) is 4.80 Å². The van der Waals surface area contributed by atoms with Crippen LogP contribution in [-0.4, -0.2) is 48.9 Å². The molecule has 0 radical (unpaired) electrons. The molecule has 0 spiro atoms. The summed E-state index contributed by atoms with van der Waals surface area (Å²) in [6.45, 7) is 6.76. The lowest BCUT2D eigenvalue weighted by Gasteiger charge is -2.34. The predicted octanol–water partition coefficient (Wildman–Crippen LogP) is 4.98. The molecule has 1 aliphatic heterocycles. The summed E-state index contributed by atoms with van der Waals surface area (Å²) < 4.78 is 35.1. The number of ether oxygens (including phenoxy) is 1. The normalized spacial score (nSPS) is 19.3. The Morgan fingerprint density at radius 3 is 2.38 bits per heavy atom. The van der Waals surface area contributed by atoms with Gasteiger partial charge in [-0.2, -0.15) is 9.30 Å². The van der Waals surface area contributed by atoms with E-state index in [2.05, 4.69) is 4.99 Å². The Bertz CT molecular complexity index is 1500. The predicted molar refractivity (Wildman–Crippen MR) is 145 cm³/mol. The summed E-state index contributed by atoms with van der Waals surface area (Å²) in [5, 5.41) is 0.724. The Hall–Kier alpha value is -2.24. The zero-order chi connectivity index (χ0) is 26.9. The summed E-state index contributed by atoms with van der Waals surface area (Å²) in [7, 11) is -3.67. The number of hydrogen-bond acceptors (Lipinski definition) is 6. The Labute approximate surface area is 229 Å². The van der Waals surface area contributed by atoms with Crippen molar-refractivity contribution in [2.75, 3.05) is 19.7 Å². The van der Waals surface area contributed by atoms with Crippen molar-refractivity contribution in [1.82, 2.24) is 8.87 Å². The molecular weight excluding hydrogens is 557 g/mol. The molecule has 0 aliphatic carbocycles. The number of thiazole rings is 1. The molecule has 198 valence electrons. The van der Waals surface area contributed by atoms with Gasteiger partial charge in [0.1, 0.15) is 6.54 Å². The summed E-state index contributed by atoms with van der Waals surface area (Å²) in [6, 6.07) is 8.98. The van der Waals surface area contributed by atoms with Crippen LogP contribution in [0.2, 0.25) is 10.0 Å². The van der Waals surface area contributed by atoms with Gasteiger partial charge in [0, 0.05) is 23.7 Å². The second-order valence-electron chi connectivity index (χ2n) is 9.22. The maximum Gasteiger partial charge on any atom is 0.326 e. The highest BCUT2D eigenvalue weighted by Crippen LogP contribution is 2.30. The molecule has 1 aliphatic rings. The lowest BCUT2D eigenvalue weighted by atomic mass is 9.94. The number of hydrogen-bond donors (Lipinski definition) is 0. The van der Waals surface area contributed by atoms with Crippen molar-refractivity contribution >= 4 is 66.7 Å². The molecule has 0 N–H and O–H groups in total. The van der Waals surface area contributed by atoms with Gasteiger partial charge in [-0.1, -0.05) is 48.4 Å². The Kier molecular flexibility index (Phi) is 8.45. The molecule has 2 atom stereocenters. The van der Waals surface area contributed by atoms with E-state index in [1.54, 1.807) is 19.1 Å². The van der Waals surface area contributed by atoms with Gasteiger partial charge in [-0.15, -0.1) is 0 Å². The number of fused-ring (bicyclic) bond motifs is 1. The summed E-state index contributed by atoms with van der Waals surface area (Å²) in [5.74, 6) is -0.526. The van der Waals surface area contributed by atoms with Gasteiger partial charge < -0.3 is 9.30 Å². The average Bonchev–Trinajstić information content (AvgIpc) is 3.15. The summed E-state index contributed by atoms with van der Waals surface area (Å²) >= 11 is 13.7. The Balaban J connectivity index is 1.67. The molecule has 1 fully saturated rings. The maximum atomic E-state index is 13.2. The number of carbonyl (C=O) groups excluding carboxylic acids is 2. The molecule has 1 amide bonds. The van der Waals surface area contributed by atoms with Gasteiger partial charge in [0.25, 0.3) is 5.91 Å². The average molecular weight is 585 g/mol. The van der Waals surface area contributed by atoms with E-state index < -0.39 is 21.9 Å². The van der Waals surface area contributed by atoms with E-state index >= 15 is 0 Å². The van der Waals surface area contributed by atoms with Crippen molar-refractivity contribution in [2.24, 2.45) is 16.8 Å². The van der Waals surface area contributed by atoms with Crippen LogP contribution >= 0.6 is 34.5 Å². The molecule has 12 heteroatoms. The molecule has 0 saturated carbocycles. The summed E-state index contributed by atoms with van der Waals surface area (Å²) in [4.78, 5) is 29.9. The molecule has 1 saturated heterocycles. The van der Waals surface area contributed by atoms with E-state index in [1.165, 1.54) is 33.1 Å². The van der Waals surface area contributed by atoms with Gasteiger partial charge in [-0.3, -0.25) is 9.59 Å². The second-order valence-corrected chi connectivity index (χ2v) is 13.0. The van der Waals surface area contributed by atoms with Crippen LogP contribution in [0.5, 0.6) is 0 Å². The fourth-order valence-electron chi connectivity index (χ4n) is 4.57. The molecule has 37 heavy (non-hydrogen) atoms. The Morgan fingerprint density at radius 2 is 1.76 bits per heavy atom. The number of nitrogens with zero attached hydrogens (tertiary/aromatic N) is 3. The first-order chi connectivity index (χ1) is 17.5. The van der Waals surface area contributed by atoms with Crippen molar-refractivity contribution < 1.29 is 22.7 Å². The smallest absolute Gasteiger partial charge is 0.326 e. The van der Waals surface area contributed by atoms with Crippen molar-refractivity contribution in [1.29, 1.82) is 0 Å². The first-order valence-corrected chi connectivity index (χ1v) is 14.8. The SMILES string of the molecule is CCOC(=O)Cn1c(=NC(=O)c2ccc(S(=O)(=O)N3CC(C)CC(C)C3)cc2)sc2cc(Cl)cc(Cl)c21. The third kappa shape index (κ3) is 6.09. The van der Waals surface area contributed by atoms with Crippen molar-refractivity contribution in [2.45, 2.75) is 38.6 Å². The van der Waals surface area contributed by atoms with Crippen LogP contribution in [0.15, 0.2) is 46.3 Å².